The molecule has 1 aliphatic heterocycles. The van der Waals surface area contributed by atoms with Gasteiger partial charge in [-0.1, -0.05) is 0 Å². The first-order valence-electron chi connectivity index (χ1n) is 1.86. The lowest BCUT2D eigenvalue weighted by Crippen LogP contribution is -2.30. The summed E-state index contributed by atoms with van der Waals surface area (Å²) in [4.78, 5) is 3.54. The molecule has 2 nitrogen and oxygen atoms in total. The Morgan fingerprint density at radius 1 is 2.00 bits per heavy atom. The van der Waals surface area contributed by atoms with Crippen LogP contribution in [0.25, 0.3) is 0 Å². The topological polar surface area (TPSA) is 21.6 Å². The summed E-state index contributed by atoms with van der Waals surface area (Å²) < 4.78 is 16.2. The summed E-state index contributed by atoms with van der Waals surface area (Å²) in [6.07, 6.45) is -0.975. The van der Waals surface area contributed by atoms with Crippen LogP contribution in [0.5, 0.6) is 0 Å². The Balaban J connectivity index is 2.41. The third-order valence-electron chi connectivity index (χ3n) is 0.780. The van der Waals surface area contributed by atoms with E-state index in [2.05, 4.69) is 19.9 Å². The van der Waals surface area contributed by atoms with E-state index in [0.717, 1.165) is 0 Å². The Bertz CT molecular complexity index is 105. The van der Waals surface area contributed by atoms with Crippen LogP contribution in [0.15, 0.2) is 4.99 Å². The quantitative estimate of drug-likeness (QED) is 0.403. The number of halogens is 1. The molecule has 0 aromatic rings. The van der Waals surface area contributed by atoms with Gasteiger partial charge < -0.3 is 4.43 Å². The van der Waals surface area contributed by atoms with Crippen molar-refractivity contribution in [3.63, 3.8) is 0 Å². The highest BCUT2D eigenvalue weighted by Crippen LogP contribution is 2.06. The molecular formula is C3H3FNOSi. The van der Waals surface area contributed by atoms with Crippen LogP contribution >= 0.6 is 0 Å². The van der Waals surface area contributed by atoms with Crippen molar-refractivity contribution >= 4 is 16.4 Å². The summed E-state index contributed by atoms with van der Waals surface area (Å²) in [5, 5.41) is 0. The van der Waals surface area contributed by atoms with E-state index >= 15 is 0 Å². The summed E-state index contributed by atoms with van der Waals surface area (Å²) >= 11 is 0. The van der Waals surface area contributed by atoms with Crippen molar-refractivity contribution in [3.05, 3.63) is 0 Å². The summed E-state index contributed by atoms with van der Waals surface area (Å²) in [6.45, 7) is 0.250. The molecule has 1 heterocycles. The number of rotatable bonds is 0. The van der Waals surface area contributed by atoms with Crippen molar-refractivity contribution in [2.24, 2.45) is 4.99 Å². The Labute approximate surface area is 43.9 Å². The molecule has 0 spiro atoms. The average Bonchev–Trinajstić information content (AvgIpc) is 1.65. The second-order valence-electron chi connectivity index (χ2n) is 1.25. The highest BCUT2D eigenvalue weighted by molar-refractivity contribution is 6.08. The molecule has 37 valence electrons. The highest BCUT2D eigenvalue weighted by atomic mass is 28.2. The van der Waals surface area contributed by atoms with Gasteiger partial charge in [0.15, 0.2) is 6.17 Å². The maximum absolute atomic E-state index is 11.9. The fourth-order valence-corrected chi connectivity index (χ4v) is 0.523. The number of hydrogen-bond acceptors (Lipinski definition) is 2. The zero-order chi connectivity index (χ0) is 5.28. The van der Waals surface area contributed by atoms with Gasteiger partial charge in [-0.25, -0.2) is 4.39 Å². The predicted octanol–water partition coefficient (Wildman–Crippen LogP) is -0.163. The third-order valence-corrected chi connectivity index (χ3v) is 0.989. The third kappa shape index (κ3) is 0.652. The van der Waals surface area contributed by atoms with Gasteiger partial charge in [-0.3, -0.25) is 4.99 Å². The molecule has 1 atom stereocenters. The van der Waals surface area contributed by atoms with E-state index < -0.39 is 6.17 Å². The van der Waals surface area contributed by atoms with Gasteiger partial charge in [-0.2, -0.15) is 0 Å². The van der Waals surface area contributed by atoms with Crippen molar-refractivity contribution < 1.29 is 8.82 Å². The first-order valence-corrected chi connectivity index (χ1v) is 2.27. The monoisotopic (exact) mass is 116 g/mol. The normalized spacial score (nSPS) is 28.3. The Kier molecular flexibility index (Phi) is 1.10. The van der Waals surface area contributed by atoms with Crippen LogP contribution in [0.4, 0.5) is 4.39 Å². The van der Waals surface area contributed by atoms with E-state index in [1.807, 2.05) is 0 Å². The molecule has 4 heteroatoms. The van der Waals surface area contributed by atoms with Crippen molar-refractivity contribution in [1.29, 1.82) is 0 Å². The van der Waals surface area contributed by atoms with Gasteiger partial charge in [0.25, 0.3) is 0 Å². The SMILES string of the molecule is F[C@H]1CN=C1O[Si]. The Morgan fingerprint density at radius 3 is 2.71 bits per heavy atom. The number of aliphatic imine (C=N–C) groups is 1. The molecule has 0 bridgehead atoms. The van der Waals surface area contributed by atoms with Crippen molar-refractivity contribution in [2.75, 3.05) is 6.54 Å². The largest absolute Gasteiger partial charge is 0.529 e. The lowest BCUT2D eigenvalue weighted by Gasteiger charge is -2.15. The molecule has 0 aromatic carbocycles. The predicted molar refractivity (Wildman–Crippen MR) is 24.0 cm³/mol. The molecular weight excluding hydrogens is 113 g/mol. The first-order chi connectivity index (χ1) is 3.34. The lowest BCUT2D eigenvalue weighted by molar-refractivity contribution is 0.350. The lowest BCUT2D eigenvalue weighted by atomic mass is 10.3. The van der Waals surface area contributed by atoms with E-state index in [9.17, 15) is 4.39 Å². The zero-order valence-corrected chi connectivity index (χ0v) is 4.52. The van der Waals surface area contributed by atoms with Crippen LogP contribution < -0.4 is 0 Å². The average molecular weight is 116 g/mol. The number of nitrogens with zero attached hydrogens (tertiary/aromatic N) is 1. The first kappa shape index (κ1) is 4.77. The van der Waals surface area contributed by atoms with E-state index in [-0.39, 0.29) is 12.4 Å². The fraction of sp³-hybridized carbons (Fsp3) is 0.667. The van der Waals surface area contributed by atoms with E-state index in [1.54, 1.807) is 0 Å². The van der Waals surface area contributed by atoms with E-state index in [4.69, 9.17) is 0 Å². The van der Waals surface area contributed by atoms with Crippen LogP contribution in [0, 0.1) is 0 Å². The maximum Gasteiger partial charge on any atom is 0.342 e. The Morgan fingerprint density at radius 2 is 2.71 bits per heavy atom. The molecule has 7 heavy (non-hydrogen) atoms. The van der Waals surface area contributed by atoms with Gasteiger partial charge in [-0.15, -0.1) is 0 Å². The molecule has 0 saturated carbocycles. The summed E-state index contributed by atoms with van der Waals surface area (Å²) in [5.74, 6) is 0.150. The fourth-order valence-electron chi connectivity index (χ4n) is 0.331. The number of hydrogen-bond donors (Lipinski definition) is 0. The van der Waals surface area contributed by atoms with Crippen LogP contribution in [0.2, 0.25) is 0 Å². The van der Waals surface area contributed by atoms with Gasteiger partial charge in [-0.05, 0) is 0 Å². The minimum atomic E-state index is -0.975. The van der Waals surface area contributed by atoms with Crippen molar-refractivity contribution in [3.8, 4) is 0 Å². The molecule has 3 radical (unpaired) electrons. The minimum absolute atomic E-state index is 0.150. The van der Waals surface area contributed by atoms with Crippen LogP contribution in [-0.2, 0) is 4.43 Å². The maximum atomic E-state index is 11.9. The van der Waals surface area contributed by atoms with Crippen LogP contribution in [-0.4, -0.2) is 29.1 Å². The summed E-state index contributed by atoms with van der Waals surface area (Å²) in [6, 6.07) is 0. The zero-order valence-electron chi connectivity index (χ0n) is 3.52. The molecule has 0 aliphatic carbocycles. The minimum Gasteiger partial charge on any atom is -0.529 e. The summed E-state index contributed by atoms with van der Waals surface area (Å²) in [7, 11) is 2.64. The molecule has 0 unspecified atom stereocenters. The van der Waals surface area contributed by atoms with E-state index in [0.29, 0.717) is 0 Å². The molecule has 1 rings (SSSR count). The molecule has 1 aliphatic rings. The van der Waals surface area contributed by atoms with Crippen LogP contribution in [0.3, 0.4) is 0 Å². The van der Waals surface area contributed by atoms with Gasteiger partial charge in [0.05, 0.1) is 6.54 Å². The van der Waals surface area contributed by atoms with Gasteiger partial charge in [0.1, 0.15) is 0 Å². The summed E-state index contributed by atoms with van der Waals surface area (Å²) in [5.41, 5.74) is 0. The Hall–Kier alpha value is -0.383. The second-order valence-corrected chi connectivity index (χ2v) is 1.45. The van der Waals surface area contributed by atoms with Gasteiger partial charge in [0, 0.05) is 0 Å². The number of alkyl halides is 1. The van der Waals surface area contributed by atoms with E-state index in [1.165, 1.54) is 0 Å². The van der Waals surface area contributed by atoms with Crippen molar-refractivity contribution in [2.45, 2.75) is 6.17 Å². The van der Waals surface area contributed by atoms with Gasteiger partial charge >= 0.3 is 10.5 Å². The highest BCUT2D eigenvalue weighted by Gasteiger charge is 2.22. The van der Waals surface area contributed by atoms with Gasteiger partial charge in [0.2, 0.25) is 5.90 Å². The molecule has 0 amide bonds. The molecule has 0 aromatic heterocycles. The van der Waals surface area contributed by atoms with Crippen LogP contribution in [0.1, 0.15) is 0 Å². The smallest absolute Gasteiger partial charge is 0.342 e. The molecule has 0 N–H and O–H groups in total. The standard InChI is InChI=1S/C3H3FNOSi/c4-2-1-5-3(2)6-7/h2H,1H2/t2-/m0/s1. The van der Waals surface area contributed by atoms with Crippen molar-refractivity contribution in [1.82, 2.24) is 0 Å². The molecule has 0 fully saturated rings. The molecule has 0 saturated heterocycles. The second kappa shape index (κ2) is 1.61.